The number of likely N-dealkylation sites (tertiary alicyclic amines) is 1. The van der Waals surface area contributed by atoms with Crippen LogP contribution in [-0.4, -0.2) is 46.4 Å². The number of aliphatic hydroxyl groups excluding tert-OH is 1. The molecule has 1 aliphatic heterocycles. The van der Waals surface area contributed by atoms with E-state index in [1.165, 1.54) is 0 Å². The summed E-state index contributed by atoms with van der Waals surface area (Å²) in [5.41, 5.74) is 5.31. The molecule has 4 N–H and O–H groups in total. The average molecular weight is 211 g/mol. The summed E-state index contributed by atoms with van der Waals surface area (Å²) in [5.74, 6) is -1.02. The number of halogens is 1. The highest BCUT2D eigenvalue weighted by Crippen LogP contribution is 2.13. The maximum atomic E-state index is 10.4. The van der Waals surface area contributed by atoms with Crippen LogP contribution in [0.5, 0.6) is 0 Å². The minimum atomic E-state index is -1.02. The summed E-state index contributed by atoms with van der Waals surface area (Å²) in [7, 11) is 0. The summed E-state index contributed by atoms with van der Waals surface area (Å²) in [6.07, 6.45) is 1.12. The van der Waals surface area contributed by atoms with Crippen molar-refractivity contribution in [1.29, 1.82) is 0 Å². The van der Waals surface area contributed by atoms with E-state index >= 15 is 0 Å². The maximum Gasteiger partial charge on any atom is 0.321 e. The first-order valence-electron chi connectivity index (χ1n) is 4.02. The second-order valence-corrected chi connectivity index (χ2v) is 3.06. The van der Waals surface area contributed by atoms with Gasteiger partial charge in [0.1, 0.15) is 12.3 Å². The number of carbonyl (C=O) groups is 1. The fraction of sp³-hybridized carbons (Fsp3) is 0.857. The van der Waals surface area contributed by atoms with Crippen LogP contribution in [0.15, 0.2) is 0 Å². The van der Waals surface area contributed by atoms with Crippen molar-refractivity contribution >= 4 is 18.4 Å². The summed E-state index contributed by atoms with van der Waals surface area (Å²) in [6, 6.07) is -0.891. The molecule has 0 aromatic heterocycles. The van der Waals surface area contributed by atoms with E-state index in [9.17, 15) is 9.90 Å². The Kier molecular flexibility index (Phi) is 5.24. The molecule has 13 heavy (non-hydrogen) atoms. The lowest BCUT2D eigenvalue weighted by atomic mass is 10.3. The van der Waals surface area contributed by atoms with Crippen molar-refractivity contribution in [3.8, 4) is 0 Å². The molecular formula is C7H15ClN2O3. The van der Waals surface area contributed by atoms with Crippen molar-refractivity contribution < 1.29 is 15.0 Å². The Balaban J connectivity index is 0.00000144. The van der Waals surface area contributed by atoms with Crippen molar-refractivity contribution in [2.24, 2.45) is 5.73 Å². The highest BCUT2D eigenvalue weighted by Gasteiger charge is 2.25. The number of rotatable bonds is 3. The first kappa shape index (κ1) is 12.6. The molecule has 1 saturated heterocycles. The summed E-state index contributed by atoms with van der Waals surface area (Å²) < 4.78 is 0. The minimum absolute atomic E-state index is 0. The topological polar surface area (TPSA) is 86.8 Å². The molecule has 0 amide bonds. The smallest absolute Gasteiger partial charge is 0.321 e. The van der Waals surface area contributed by atoms with Crippen molar-refractivity contribution in [1.82, 2.24) is 4.90 Å². The van der Waals surface area contributed by atoms with Gasteiger partial charge in [0.25, 0.3) is 0 Å². The predicted molar refractivity (Wildman–Crippen MR) is 49.7 cm³/mol. The number of hydrogen-bond donors (Lipinski definition) is 3. The standard InChI is InChI=1S/C7H14N2O3.ClH/c8-5(7(11)12)4-9-3-1-2-6(9)10;/h5-6,10H,1-4,8H2,(H,11,12);1H/t5-,6-;/m0./s1. The third-order valence-electron chi connectivity index (χ3n) is 2.08. The van der Waals surface area contributed by atoms with Gasteiger partial charge in [-0.25, -0.2) is 0 Å². The third-order valence-corrected chi connectivity index (χ3v) is 2.08. The molecule has 1 heterocycles. The van der Waals surface area contributed by atoms with Crippen LogP contribution in [0.2, 0.25) is 0 Å². The van der Waals surface area contributed by atoms with Gasteiger partial charge in [0.15, 0.2) is 0 Å². The van der Waals surface area contributed by atoms with E-state index in [2.05, 4.69) is 0 Å². The molecule has 78 valence electrons. The molecule has 1 fully saturated rings. The lowest BCUT2D eigenvalue weighted by Crippen LogP contribution is -2.44. The van der Waals surface area contributed by atoms with Crippen molar-refractivity contribution in [3.05, 3.63) is 0 Å². The molecule has 0 unspecified atom stereocenters. The number of aliphatic hydroxyl groups is 1. The molecule has 0 aromatic rings. The Morgan fingerprint density at radius 3 is 2.69 bits per heavy atom. The lowest BCUT2D eigenvalue weighted by Gasteiger charge is -2.21. The van der Waals surface area contributed by atoms with Gasteiger partial charge >= 0.3 is 5.97 Å². The van der Waals surface area contributed by atoms with Crippen LogP contribution in [0.25, 0.3) is 0 Å². The van der Waals surface area contributed by atoms with Crippen molar-refractivity contribution in [2.75, 3.05) is 13.1 Å². The van der Waals surface area contributed by atoms with Crippen LogP contribution in [-0.2, 0) is 4.79 Å². The quantitative estimate of drug-likeness (QED) is 0.570. The number of carboxylic acids is 1. The first-order chi connectivity index (χ1) is 5.61. The summed E-state index contributed by atoms with van der Waals surface area (Å²) in [5, 5.41) is 17.8. The first-order valence-corrected chi connectivity index (χ1v) is 4.02. The minimum Gasteiger partial charge on any atom is -0.480 e. The van der Waals surface area contributed by atoms with Crippen LogP contribution in [0, 0.1) is 0 Å². The number of nitrogens with two attached hydrogens (primary N) is 1. The number of aliphatic carboxylic acids is 1. The molecule has 1 rings (SSSR count). The Morgan fingerprint density at radius 2 is 2.31 bits per heavy atom. The van der Waals surface area contributed by atoms with Crippen LogP contribution < -0.4 is 5.73 Å². The second-order valence-electron chi connectivity index (χ2n) is 3.06. The highest BCUT2D eigenvalue weighted by molar-refractivity contribution is 5.85. The van der Waals surface area contributed by atoms with Gasteiger partial charge in [0, 0.05) is 13.1 Å². The predicted octanol–water partition coefficient (Wildman–Crippen LogP) is -0.766. The van der Waals surface area contributed by atoms with Gasteiger partial charge in [-0.15, -0.1) is 12.4 Å². The van der Waals surface area contributed by atoms with E-state index in [4.69, 9.17) is 10.8 Å². The van der Waals surface area contributed by atoms with E-state index in [1.54, 1.807) is 4.90 Å². The fourth-order valence-corrected chi connectivity index (χ4v) is 1.35. The molecule has 1 aliphatic rings. The number of nitrogens with zero attached hydrogens (tertiary/aromatic N) is 1. The normalized spacial score (nSPS) is 25.2. The van der Waals surface area contributed by atoms with Gasteiger partial charge in [-0.05, 0) is 12.8 Å². The molecule has 6 heteroatoms. The van der Waals surface area contributed by atoms with E-state index in [1.807, 2.05) is 0 Å². The van der Waals surface area contributed by atoms with E-state index in [-0.39, 0.29) is 19.0 Å². The lowest BCUT2D eigenvalue weighted by molar-refractivity contribution is -0.139. The monoisotopic (exact) mass is 210 g/mol. The SMILES string of the molecule is Cl.N[C@@H](CN1CCC[C@@H]1O)C(=O)O. The zero-order valence-electron chi connectivity index (χ0n) is 7.22. The van der Waals surface area contributed by atoms with E-state index in [0.717, 1.165) is 13.0 Å². The molecule has 0 bridgehead atoms. The zero-order chi connectivity index (χ0) is 9.14. The average Bonchev–Trinajstić information content (AvgIpc) is 2.36. The van der Waals surface area contributed by atoms with Gasteiger partial charge in [-0.3, -0.25) is 9.69 Å². The van der Waals surface area contributed by atoms with Crippen LogP contribution in [0.1, 0.15) is 12.8 Å². The van der Waals surface area contributed by atoms with E-state index in [0.29, 0.717) is 6.42 Å². The van der Waals surface area contributed by atoms with Gasteiger partial charge < -0.3 is 15.9 Å². The van der Waals surface area contributed by atoms with Gasteiger partial charge in [0.2, 0.25) is 0 Å². The molecule has 0 saturated carbocycles. The molecule has 5 nitrogen and oxygen atoms in total. The highest BCUT2D eigenvalue weighted by atomic mass is 35.5. The molecule has 0 aliphatic carbocycles. The Bertz CT molecular complexity index is 179. The number of hydrogen-bond acceptors (Lipinski definition) is 4. The van der Waals surface area contributed by atoms with Gasteiger partial charge in [0.05, 0.1) is 0 Å². The van der Waals surface area contributed by atoms with Crippen molar-refractivity contribution in [3.63, 3.8) is 0 Å². The summed E-state index contributed by atoms with van der Waals surface area (Å²) >= 11 is 0. The van der Waals surface area contributed by atoms with Crippen LogP contribution >= 0.6 is 12.4 Å². The molecule has 0 spiro atoms. The Morgan fingerprint density at radius 1 is 1.69 bits per heavy atom. The van der Waals surface area contributed by atoms with Crippen LogP contribution in [0.4, 0.5) is 0 Å². The molecule has 0 aromatic carbocycles. The van der Waals surface area contributed by atoms with E-state index < -0.39 is 18.2 Å². The summed E-state index contributed by atoms with van der Waals surface area (Å²) in [6.45, 7) is 0.971. The maximum absolute atomic E-state index is 10.4. The van der Waals surface area contributed by atoms with Gasteiger partial charge in [-0.1, -0.05) is 0 Å². The fourth-order valence-electron chi connectivity index (χ4n) is 1.35. The molecule has 0 radical (unpaired) electrons. The molecular weight excluding hydrogens is 196 g/mol. The Hall–Kier alpha value is -0.360. The van der Waals surface area contributed by atoms with Gasteiger partial charge in [-0.2, -0.15) is 0 Å². The van der Waals surface area contributed by atoms with Crippen molar-refractivity contribution in [2.45, 2.75) is 25.1 Å². The zero-order valence-corrected chi connectivity index (χ0v) is 8.04. The van der Waals surface area contributed by atoms with Crippen LogP contribution in [0.3, 0.4) is 0 Å². The summed E-state index contributed by atoms with van der Waals surface area (Å²) in [4.78, 5) is 12.1. The third kappa shape index (κ3) is 3.48. The molecule has 2 atom stereocenters. The Labute approximate surface area is 82.9 Å². The largest absolute Gasteiger partial charge is 0.480 e. The number of carboxylic acid groups (broad SMARTS) is 1. The second kappa shape index (κ2) is 5.39.